The Kier molecular flexibility index (Phi) is 2.39. The van der Waals surface area contributed by atoms with Crippen LogP contribution in [-0.4, -0.2) is 16.4 Å². The summed E-state index contributed by atoms with van der Waals surface area (Å²) in [4.78, 5) is 16.0. The van der Waals surface area contributed by atoms with Gasteiger partial charge in [0.05, 0.1) is 6.07 Å². The Bertz CT molecular complexity index is 484. The molecule has 1 fully saturated rings. The van der Waals surface area contributed by atoms with Gasteiger partial charge in [-0.25, -0.2) is 4.98 Å². The molecule has 0 radical (unpaired) electrons. The van der Waals surface area contributed by atoms with Crippen LogP contribution in [0.2, 0.25) is 0 Å². The minimum Gasteiger partial charge on any atom is -0.332 e. The molecule has 4 nitrogen and oxygen atoms in total. The van der Waals surface area contributed by atoms with E-state index in [1.807, 2.05) is 19.9 Å². The first-order chi connectivity index (χ1) is 7.56. The van der Waals surface area contributed by atoms with Gasteiger partial charge in [0, 0.05) is 5.69 Å². The standard InChI is InChI=1S/C12H13N3O/c1-8-3-4-10(14-9(8)2)11(16)15-12(7-13)5-6-12/h3-4H,5-6H2,1-2H3,(H,15,16). The van der Waals surface area contributed by atoms with E-state index in [0.717, 1.165) is 24.1 Å². The first-order valence-corrected chi connectivity index (χ1v) is 5.24. The normalized spacial score (nSPS) is 16.3. The number of nitrogens with zero attached hydrogens (tertiary/aromatic N) is 2. The summed E-state index contributed by atoms with van der Waals surface area (Å²) in [6, 6.07) is 5.67. The molecule has 1 heterocycles. The molecule has 2 rings (SSSR count). The van der Waals surface area contributed by atoms with Crippen LogP contribution in [0.3, 0.4) is 0 Å². The molecule has 82 valence electrons. The summed E-state index contributed by atoms with van der Waals surface area (Å²) in [7, 11) is 0. The number of hydrogen-bond donors (Lipinski definition) is 1. The molecule has 16 heavy (non-hydrogen) atoms. The quantitative estimate of drug-likeness (QED) is 0.812. The lowest BCUT2D eigenvalue weighted by Gasteiger charge is -2.09. The van der Waals surface area contributed by atoms with Gasteiger partial charge in [0.1, 0.15) is 11.2 Å². The molecule has 0 atom stereocenters. The number of pyridine rings is 1. The van der Waals surface area contributed by atoms with Gasteiger partial charge in [0.15, 0.2) is 0 Å². The molecular weight excluding hydrogens is 202 g/mol. The van der Waals surface area contributed by atoms with Crippen LogP contribution in [0.5, 0.6) is 0 Å². The van der Waals surface area contributed by atoms with Crippen molar-refractivity contribution in [2.75, 3.05) is 0 Å². The van der Waals surface area contributed by atoms with E-state index in [0.29, 0.717) is 5.69 Å². The minimum absolute atomic E-state index is 0.262. The third-order valence-electron chi connectivity index (χ3n) is 2.90. The highest BCUT2D eigenvalue weighted by molar-refractivity contribution is 5.93. The molecule has 1 amide bonds. The molecule has 0 unspecified atom stereocenters. The Hall–Kier alpha value is -1.89. The van der Waals surface area contributed by atoms with E-state index in [4.69, 9.17) is 5.26 Å². The minimum atomic E-state index is -0.627. The topological polar surface area (TPSA) is 65.8 Å². The first kappa shape index (κ1) is 10.6. The maximum atomic E-state index is 11.8. The zero-order valence-electron chi connectivity index (χ0n) is 9.37. The molecule has 0 saturated heterocycles. The molecular formula is C12H13N3O. The number of amides is 1. The molecule has 0 bridgehead atoms. The maximum absolute atomic E-state index is 11.8. The Morgan fingerprint density at radius 1 is 1.50 bits per heavy atom. The van der Waals surface area contributed by atoms with Crippen LogP contribution < -0.4 is 5.32 Å². The van der Waals surface area contributed by atoms with Crippen LogP contribution in [0.4, 0.5) is 0 Å². The third kappa shape index (κ3) is 1.89. The highest BCUT2D eigenvalue weighted by Gasteiger charge is 2.44. The van der Waals surface area contributed by atoms with Crippen LogP contribution >= 0.6 is 0 Å². The largest absolute Gasteiger partial charge is 0.332 e. The van der Waals surface area contributed by atoms with Gasteiger partial charge in [0.2, 0.25) is 0 Å². The predicted octanol–water partition coefficient (Wildman–Crippen LogP) is 1.48. The van der Waals surface area contributed by atoms with E-state index in [2.05, 4.69) is 16.4 Å². The summed E-state index contributed by atoms with van der Waals surface area (Å²) in [6.07, 6.45) is 1.47. The Labute approximate surface area is 94.3 Å². The van der Waals surface area contributed by atoms with Gasteiger partial charge < -0.3 is 5.32 Å². The Morgan fingerprint density at radius 3 is 2.69 bits per heavy atom. The second kappa shape index (κ2) is 3.60. The molecule has 1 aromatic heterocycles. The van der Waals surface area contributed by atoms with Crippen molar-refractivity contribution in [2.24, 2.45) is 0 Å². The fourth-order valence-corrected chi connectivity index (χ4v) is 1.43. The summed E-state index contributed by atoms with van der Waals surface area (Å²) >= 11 is 0. The van der Waals surface area contributed by atoms with Gasteiger partial charge >= 0.3 is 0 Å². The summed E-state index contributed by atoms with van der Waals surface area (Å²) in [5.41, 5.74) is 1.65. The molecule has 1 saturated carbocycles. The SMILES string of the molecule is Cc1ccc(C(=O)NC2(C#N)CC2)nc1C. The number of carbonyl (C=O) groups excluding carboxylic acids is 1. The summed E-state index contributed by atoms with van der Waals surface area (Å²) in [5.74, 6) is -0.262. The smallest absolute Gasteiger partial charge is 0.271 e. The van der Waals surface area contributed by atoms with Crippen molar-refractivity contribution in [1.82, 2.24) is 10.3 Å². The monoisotopic (exact) mass is 215 g/mol. The van der Waals surface area contributed by atoms with Crippen molar-refractivity contribution in [3.63, 3.8) is 0 Å². The predicted molar refractivity (Wildman–Crippen MR) is 58.8 cm³/mol. The van der Waals surface area contributed by atoms with Crippen molar-refractivity contribution in [3.05, 3.63) is 29.1 Å². The molecule has 0 aromatic carbocycles. The van der Waals surface area contributed by atoms with E-state index < -0.39 is 5.54 Å². The number of aryl methyl sites for hydroxylation is 2. The van der Waals surface area contributed by atoms with E-state index in [1.165, 1.54) is 0 Å². The van der Waals surface area contributed by atoms with Crippen molar-refractivity contribution in [2.45, 2.75) is 32.2 Å². The number of rotatable bonds is 2. The number of nitrogens with one attached hydrogen (secondary N) is 1. The van der Waals surface area contributed by atoms with Crippen molar-refractivity contribution >= 4 is 5.91 Å². The lowest BCUT2D eigenvalue weighted by atomic mass is 10.2. The van der Waals surface area contributed by atoms with E-state index in [-0.39, 0.29) is 5.91 Å². The first-order valence-electron chi connectivity index (χ1n) is 5.24. The van der Waals surface area contributed by atoms with E-state index in [9.17, 15) is 4.79 Å². The van der Waals surface area contributed by atoms with Gasteiger partial charge in [-0.15, -0.1) is 0 Å². The Morgan fingerprint density at radius 2 is 2.19 bits per heavy atom. The van der Waals surface area contributed by atoms with E-state index in [1.54, 1.807) is 6.07 Å². The molecule has 1 aromatic rings. The molecule has 4 heteroatoms. The Balaban J connectivity index is 2.16. The second-order valence-electron chi connectivity index (χ2n) is 4.25. The zero-order chi connectivity index (χ0) is 11.8. The van der Waals surface area contributed by atoms with Crippen LogP contribution in [-0.2, 0) is 0 Å². The summed E-state index contributed by atoms with van der Waals surface area (Å²) in [5, 5.41) is 11.6. The van der Waals surface area contributed by atoms with Gasteiger partial charge in [-0.3, -0.25) is 4.79 Å². The number of carbonyl (C=O) groups is 1. The fourth-order valence-electron chi connectivity index (χ4n) is 1.43. The van der Waals surface area contributed by atoms with Gasteiger partial charge in [-0.05, 0) is 38.3 Å². The molecule has 0 aliphatic heterocycles. The van der Waals surface area contributed by atoms with E-state index >= 15 is 0 Å². The molecule has 1 N–H and O–H groups in total. The number of hydrogen-bond acceptors (Lipinski definition) is 3. The summed E-state index contributed by atoms with van der Waals surface area (Å²) < 4.78 is 0. The second-order valence-corrected chi connectivity index (χ2v) is 4.25. The van der Waals surface area contributed by atoms with Crippen LogP contribution in [0.25, 0.3) is 0 Å². The van der Waals surface area contributed by atoms with Gasteiger partial charge in [0.25, 0.3) is 5.91 Å². The summed E-state index contributed by atoms with van der Waals surface area (Å²) in [6.45, 7) is 3.81. The van der Waals surface area contributed by atoms with Crippen LogP contribution in [0.15, 0.2) is 12.1 Å². The molecule has 0 spiro atoms. The molecule has 1 aliphatic carbocycles. The van der Waals surface area contributed by atoms with Crippen LogP contribution in [0, 0.1) is 25.2 Å². The lowest BCUT2D eigenvalue weighted by Crippen LogP contribution is -2.36. The highest BCUT2D eigenvalue weighted by Crippen LogP contribution is 2.34. The maximum Gasteiger partial charge on any atom is 0.271 e. The highest BCUT2D eigenvalue weighted by atomic mass is 16.2. The van der Waals surface area contributed by atoms with Crippen molar-refractivity contribution < 1.29 is 4.79 Å². The van der Waals surface area contributed by atoms with Crippen molar-refractivity contribution in [1.29, 1.82) is 5.26 Å². The number of aromatic nitrogens is 1. The lowest BCUT2D eigenvalue weighted by molar-refractivity contribution is 0.0936. The van der Waals surface area contributed by atoms with Gasteiger partial charge in [-0.2, -0.15) is 5.26 Å². The fraction of sp³-hybridized carbons (Fsp3) is 0.417. The van der Waals surface area contributed by atoms with Crippen LogP contribution in [0.1, 0.15) is 34.6 Å². The molecule has 1 aliphatic rings. The average Bonchev–Trinajstić information content (AvgIpc) is 3.02. The van der Waals surface area contributed by atoms with Crippen molar-refractivity contribution in [3.8, 4) is 6.07 Å². The van der Waals surface area contributed by atoms with Gasteiger partial charge in [-0.1, -0.05) is 6.07 Å². The number of nitriles is 1. The zero-order valence-corrected chi connectivity index (χ0v) is 9.37. The third-order valence-corrected chi connectivity index (χ3v) is 2.90. The average molecular weight is 215 g/mol.